The van der Waals surface area contributed by atoms with Crippen LogP contribution in [0.15, 0.2) is 48.5 Å². The van der Waals surface area contributed by atoms with Crippen molar-refractivity contribution >= 4 is 17.8 Å². The SMILES string of the molecule is CCOc1ccccc1C(=O)N[C@@H](C(=O)OCC(=O)N[C@H]1CCOc2ccccc21)C(C)C. The van der Waals surface area contributed by atoms with Crippen LogP contribution in [0.1, 0.15) is 49.2 Å². The van der Waals surface area contributed by atoms with Gasteiger partial charge in [-0.05, 0) is 31.0 Å². The quantitative estimate of drug-likeness (QED) is 0.565. The number of amides is 2. The molecule has 2 aromatic rings. The molecule has 0 aliphatic carbocycles. The number of nitrogens with one attached hydrogen (secondary N) is 2. The van der Waals surface area contributed by atoms with E-state index in [1.54, 1.807) is 38.1 Å². The standard InChI is InChI=1S/C25H30N2O6/c1-4-31-21-12-8-6-10-18(21)24(29)27-23(16(2)3)25(30)33-15-22(28)26-19-13-14-32-20-11-7-5-9-17(19)20/h5-12,16,19,23H,4,13-15H2,1-3H3,(H,26,28)(H,27,29)/t19-,23+/m0/s1. The Hall–Kier alpha value is -3.55. The van der Waals surface area contributed by atoms with E-state index in [9.17, 15) is 14.4 Å². The average Bonchev–Trinajstić information content (AvgIpc) is 2.81. The zero-order valence-electron chi connectivity index (χ0n) is 19.1. The van der Waals surface area contributed by atoms with Crippen molar-refractivity contribution in [1.29, 1.82) is 0 Å². The van der Waals surface area contributed by atoms with Crippen molar-refractivity contribution in [2.75, 3.05) is 19.8 Å². The number of carbonyl (C=O) groups excluding carboxylic acids is 3. The molecule has 0 unspecified atom stereocenters. The molecule has 0 bridgehead atoms. The summed E-state index contributed by atoms with van der Waals surface area (Å²) in [6.07, 6.45) is 0.626. The molecule has 33 heavy (non-hydrogen) atoms. The first kappa shape index (κ1) is 24.1. The summed E-state index contributed by atoms with van der Waals surface area (Å²) in [5, 5.41) is 5.59. The summed E-state index contributed by atoms with van der Waals surface area (Å²) in [5.74, 6) is -0.607. The predicted molar refractivity (Wildman–Crippen MR) is 122 cm³/mol. The molecule has 0 aromatic heterocycles. The van der Waals surface area contributed by atoms with Crippen molar-refractivity contribution in [3.8, 4) is 11.5 Å². The van der Waals surface area contributed by atoms with E-state index in [1.165, 1.54) is 0 Å². The van der Waals surface area contributed by atoms with Crippen LogP contribution in [0.5, 0.6) is 11.5 Å². The lowest BCUT2D eigenvalue weighted by molar-refractivity contribution is -0.151. The third-order valence-corrected chi connectivity index (χ3v) is 5.28. The van der Waals surface area contributed by atoms with Gasteiger partial charge in [0.25, 0.3) is 11.8 Å². The van der Waals surface area contributed by atoms with E-state index in [1.807, 2.05) is 31.2 Å². The Labute approximate surface area is 193 Å². The van der Waals surface area contributed by atoms with E-state index in [-0.39, 0.29) is 12.0 Å². The number of carbonyl (C=O) groups is 3. The number of hydrogen-bond donors (Lipinski definition) is 2. The fourth-order valence-corrected chi connectivity index (χ4v) is 3.61. The molecule has 0 saturated heterocycles. The van der Waals surface area contributed by atoms with E-state index in [2.05, 4.69) is 10.6 Å². The van der Waals surface area contributed by atoms with Gasteiger partial charge in [-0.1, -0.05) is 44.2 Å². The molecule has 0 radical (unpaired) electrons. The van der Waals surface area contributed by atoms with E-state index >= 15 is 0 Å². The van der Waals surface area contributed by atoms with Crippen molar-refractivity contribution in [2.45, 2.75) is 39.3 Å². The minimum atomic E-state index is -0.913. The Morgan fingerprint density at radius 2 is 1.82 bits per heavy atom. The van der Waals surface area contributed by atoms with Gasteiger partial charge in [0, 0.05) is 12.0 Å². The van der Waals surface area contributed by atoms with E-state index in [0.717, 1.165) is 11.3 Å². The smallest absolute Gasteiger partial charge is 0.329 e. The molecule has 2 N–H and O–H groups in total. The summed E-state index contributed by atoms with van der Waals surface area (Å²) in [6, 6.07) is 13.2. The van der Waals surface area contributed by atoms with Gasteiger partial charge >= 0.3 is 5.97 Å². The fraction of sp³-hybridized carbons (Fsp3) is 0.400. The van der Waals surface area contributed by atoms with Crippen LogP contribution in [0.25, 0.3) is 0 Å². The first-order valence-corrected chi connectivity index (χ1v) is 11.1. The van der Waals surface area contributed by atoms with Crippen molar-refractivity contribution < 1.29 is 28.6 Å². The first-order chi connectivity index (χ1) is 15.9. The highest BCUT2D eigenvalue weighted by Gasteiger charge is 2.28. The van der Waals surface area contributed by atoms with Gasteiger partial charge in [0.15, 0.2) is 6.61 Å². The highest BCUT2D eigenvalue weighted by molar-refractivity contribution is 5.99. The predicted octanol–water partition coefficient (Wildman–Crippen LogP) is 3.02. The Bertz CT molecular complexity index is 990. The maximum Gasteiger partial charge on any atom is 0.329 e. The molecule has 1 aliphatic heterocycles. The summed E-state index contributed by atoms with van der Waals surface area (Å²) in [6.45, 7) is 5.87. The summed E-state index contributed by atoms with van der Waals surface area (Å²) in [5.41, 5.74) is 1.22. The van der Waals surface area contributed by atoms with Gasteiger partial charge in [0.1, 0.15) is 17.5 Å². The Morgan fingerprint density at radius 3 is 2.58 bits per heavy atom. The molecule has 176 valence electrons. The fourth-order valence-electron chi connectivity index (χ4n) is 3.61. The van der Waals surface area contributed by atoms with Crippen LogP contribution in [0.2, 0.25) is 0 Å². The third-order valence-electron chi connectivity index (χ3n) is 5.28. The molecule has 2 amide bonds. The molecule has 1 aliphatic rings. The van der Waals surface area contributed by atoms with Crippen molar-refractivity contribution in [1.82, 2.24) is 10.6 Å². The lowest BCUT2D eigenvalue weighted by Crippen LogP contribution is -2.46. The number of hydrogen-bond acceptors (Lipinski definition) is 6. The molecule has 2 atom stereocenters. The summed E-state index contributed by atoms with van der Waals surface area (Å²) >= 11 is 0. The topological polar surface area (TPSA) is 103 Å². The Balaban J connectivity index is 1.57. The van der Waals surface area contributed by atoms with Gasteiger partial charge in [-0.25, -0.2) is 4.79 Å². The van der Waals surface area contributed by atoms with Crippen LogP contribution < -0.4 is 20.1 Å². The van der Waals surface area contributed by atoms with Crippen molar-refractivity contribution in [2.24, 2.45) is 5.92 Å². The zero-order chi connectivity index (χ0) is 23.8. The Kier molecular flexibility index (Phi) is 8.29. The van der Waals surface area contributed by atoms with Gasteiger partial charge in [-0.15, -0.1) is 0 Å². The second kappa shape index (κ2) is 11.4. The molecule has 8 heteroatoms. The summed E-state index contributed by atoms with van der Waals surface area (Å²) in [7, 11) is 0. The number of ether oxygens (including phenoxy) is 3. The molecule has 0 spiro atoms. The lowest BCUT2D eigenvalue weighted by Gasteiger charge is -2.26. The van der Waals surface area contributed by atoms with Crippen molar-refractivity contribution in [3.05, 3.63) is 59.7 Å². The number of para-hydroxylation sites is 2. The molecule has 3 rings (SSSR count). The highest BCUT2D eigenvalue weighted by Crippen LogP contribution is 2.31. The second-order valence-corrected chi connectivity index (χ2v) is 8.03. The first-order valence-electron chi connectivity index (χ1n) is 11.1. The highest BCUT2D eigenvalue weighted by atomic mass is 16.5. The van der Waals surface area contributed by atoms with Gasteiger partial charge in [0.05, 0.1) is 24.8 Å². The minimum absolute atomic E-state index is 0.211. The van der Waals surface area contributed by atoms with Crippen LogP contribution in [0.4, 0.5) is 0 Å². The number of benzene rings is 2. The van der Waals surface area contributed by atoms with Crippen LogP contribution >= 0.6 is 0 Å². The maximum absolute atomic E-state index is 12.8. The minimum Gasteiger partial charge on any atom is -0.493 e. The van der Waals surface area contributed by atoms with Crippen LogP contribution in [-0.4, -0.2) is 43.6 Å². The molecule has 0 fully saturated rings. The van der Waals surface area contributed by atoms with Crippen molar-refractivity contribution in [3.63, 3.8) is 0 Å². The largest absolute Gasteiger partial charge is 0.493 e. The van der Waals surface area contributed by atoms with Gasteiger partial charge in [-0.3, -0.25) is 9.59 Å². The third kappa shape index (κ3) is 6.25. The Morgan fingerprint density at radius 1 is 1.09 bits per heavy atom. The van der Waals surface area contributed by atoms with Crippen LogP contribution in [0.3, 0.4) is 0 Å². The number of rotatable bonds is 9. The number of esters is 1. The molecular formula is C25H30N2O6. The van der Waals surface area contributed by atoms with Gasteiger partial charge in [0.2, 0.25) is 0 Å². The van der Waals surface area contributed by atoms with Crippen LogP contribution in [-0.2, 0) is 14.3 Å². The van der Waals surface area contributed by atoms with E-state index < -0.39 is 30.4 Å². The number of fused-ring (bicyclic) bond motifs is 1. The van der Waals surface area contributed by atoms with E-state index in [4.69, 9.17) is 14.2 Å². The molecule has 8 nitrogen and oxygen atoms in total. The molecule has 0 saturated carbocycles. The summed E-state index contributed by atoms with van der Waals surface area (Å²) < 4.78 is 16.3. The lowest BCUT2D eigenvalue weighted by atomic mass is 10.0. The van der Waals surface area contributed by atoms with Crippen LogP contribution in [0, 0.1) is 5.92 Å². The monoisotopic (exact) mass is 454 g/mol. The normalized spacial score (nSPS) is 15.6. The average molecular weight is 455 g/mol. The molecule has 1 heterocycles. The molecule has 2 aromatic carbocycles. The molecular weight excluding hydrogens is 424 g/mol. The van der Waals surface area contributed by atoms with Gasteiger partial charge < -0.3 is 24.8 Å². The van der Waals surface area contributed by atoms with Gasteiger partial charge in [-0.2, -0.15) is 0 Å². The maximum atomic E-state index is 12.8. The summed E-state index contributed by atoms with van der Waals surface area (Å²) in [4.78, 5) is 37.9. The second-order valence-electron chi connectivity index (χ2n) is 8.03. The zero-order valence-corrected chi connectivity index (χ0v) is 19.1. The van der Waals surface area contributed by atoms with E-state index in [0.29, 0.717) is 30.9 Å².